The smallest absolute Gasteiger partial charge is 0.324 e. The van der Waals surface area contributed by atoms with E-state index in [1.165, 1.54) is 6.08 Å². The third kappa shape index (κ3) is 2.82. The molecule has 2 atom stereocenters. The normalized spacial score (nSPS) is 26.5. The summed E-state index contributed by atoms with van der Waals surface area (Å²) in [7, 11) is 0. The van der Waals surface area contributed by atoms with Gasteiger partial charge < -0.3 is 10.2 Å². The van der Waals surface area contributed by atoms with Crippen molar-refractivity contribution in [3.63, 3.8) is 0 Å². The van der Waals surface area contributed by atoms with Gasteiger partial charge in [-0.1, -0.05) is 6.08 Å². The fraction of sp³-hybridized carbons (Fsp3) is 0.700. The van der Waals surface area contributed by atoms with Gasteiger partial charge in [0.1, 0.15) is 6.04 Å². The zero-order valence-electron chi connectivity index (χ0n) is 8.22. The third-order valence-corrected chi connectivity index (χ3v) is 2.60. The second-order valence-corrected chi connectivity index (χ2v) is 3.64. The topological polar surface area (TPSA) is 60.8 Å². The lowest BCUT2D eigenvalue weighted by Crippen LogP contribution is -2.40. The highest BCUT2D eigenvalue weighted by Gasteiger charge is 2.24. The molecule has 0 aliphatic carbocycles. The first-order valence-corrected chi connectivity index (χ1v) is 4.92. The molecule has 2 unspecified atom stereocenters. The molecule has 1 fully saturated rings. The summed E-state index contributed by atoms with van der Waals surface area (Å²) >= 11 is 0. The average Bonchev–Trinajstić information content (AvgIpc) is 2.32. The van der Waals surface area contributed by atoms with E-state index in [0.29, 0.717) is 13.0 Å². The van der Waals surface area contributed by atoms with E-state index >= 15 is 0 Å². The SMILES string of the molecule is C=CC(C(=O)O)N1CCCC(O)CC1. The predicted octanol–water partition coefficient (Wildman–Crippen LogP) is 0.472. The van der Waals surface area contributed by atoms with Crippen LogP contribution in [-0.4, -0.2) is 46.3 Å². The van der Waals surface area contributed by atoms with Gasteiger partial charge in [-0.15, -0.1) is 6.58 Å². The Bertz CT molecular complexity index is 217. The minimum absolute atomic E-state index is 0.278. The van der Waals surface area contributed by atoms with E-state index in [0.717, 1.165) is 19.4 Å². The van der Waals surface area contributed by atoms with Crippen LogP contribution in [0, 0.1) is 0 Å². The van der Waals surface area contributed by atoms with Gasteiger partial charge in [0, 0.05) is 6.54 Å². The predicted molar refractivity (Wildman–Crippen MR) is 53.1 cm³/mol. The molecule has 1 saturated heterocycles. The van der Waals surface area contributed by atoms with Crippen LogP contribution in [0.1, 0.15) is 19.3 Å². The number of aliphatic carboxylic acids is 1. The molecular weight excluding hydrogens is 182 g/mol. The van der Waals surface area contributed by atoms with E-state index in [4.69, 9.17) is 5.11 Å². The maximum atomic E-state index is 10.8. The van der Waals surface area contributed by atoms with Gasteiger partial charge in [0.05, 0.1) is 6.10 Å². The Morgan fingerprint density at radius 3 is 2.79 bits per heavy atom. The zero-order valence-corrected chi connectivity index (χ0v) is 8.22. The number of carboxylic acid groups (broad SMARTS) is 1. The van der Waals surface area contributed by atoms with E-state index in [1.54, 1.807) is 0 Å². The molecule has 14 heavy (non-hydrogen) atoms. The Morgan fingerprint density at radius 1 is 1.50 bits per heavy atom. The Balaban J connectivity index is 2.57. The van der Waals surface area contributed by atoms with Gasteiger partial charge in [0.25, 0.3) is 0 Å². The number of aliphatic hydroxyl groups is 1. The van der Waals surface area contributed by atoms with Crippen molar-refractivity contribution in [3.05, 3.63) is 12.7 Å². The highest BCUT2D eigenvalue weighted by molar-refractivity contribution is 5.75. The Kier molecular flexibility index (Phi) is 4.10. The fourth-order valence-electron chi connectivity index (χ4n) is 1.79. The van der Waals surface area contributed by atoms with Crippen LogP contribution in [0.2, 0.25) is 0 Å². The summed E-state index contributed by atoms with van der Waals surface area (Å²) < 4.78 is 0. The van der Waals surface area contributed by atoms with Gasteiger partial charge in [0.2, 0.25) is 0 Å². The Morgan fingerprint density at radius 2 is 2.21 bits per heavy atom. The molecule has 80 valence electrons. The van der Waals surface area contributed by atoms with Gasteiger partial charge in [-0.2, -0.15) is 0 Å². The molecule has 0 spiro atoms. The van der Waals surface area contributed by atoms with Crippen LogP contribution >= 0.6 is 0 Å². The molecule has 0 saturated carbocycles. The lowest BCUT2D eigenvalue weighted by Gasteiger charge is -2.24. The largest absolute Gasteiger partial charge is 0.480 e. The maximum Gasteiger partial charge on any atom is 0.324 e. The first-order valence-electron chi connectivity index (χ1n) is 4.92. The van der Waals surface area contributed by atoms with Crippen molar-refractivity contribution in [2.75, 3.05) is 13.1 Å². The molecule has 4 heteroatoms. The number of hydrogen-bond donors (Lipinski definition) is 2. The van der Waals surface area contributed by atoms with Crippen LogP contribution in [0.5, 0.6) is 0 Å². The first kappa shape index (κ1) is 11.2. The van der Waals surface area contributed by atoms with E-state index in [9.17, 15) is 9.90 Å². The molecule has 1 aliphatic rings. The second kappa shape index (κ2) is 5.12. The minimum atomic E-state index is -0.864. The van der Waals surface area contributed by atoms with Gasteiger partial charge in [-0.3, -0.25) is 9.69 Å². The van der Waals surface area contributed by atoms with Crippen LogP contribution in [0.15, 0.2) is 12.7 Å². The highest BCUT2D eigenvalue weighted by atomic mass is 16.4. The summed E-state index contributed by atoms with van der Waals surface area (Å²) in [5.74, 6) is -0.864. The number of rotatable bonds is 3. The Hall–Kier alpha value is -0.870. The van der Waals surface area contributed by atoms with Crippen molar-refractivity contribution >= 4 is 5.97 Å². The molecule has 2 N–H and O–H groups in total. The number of nitrogens with zero attached hydrogens (tertiary/aromatic N) is 1. The van der Waals surface area contributed by atoms with Crippen molar-refractivity contribution in [1.29, 1.82) is 0 Å². The van der Waals surface area contributed by atoms with Crippen molar-refractivity contribution in [3.8, 4) is 0 Å². The average molecular weight is 199 g/mol. The van der Waals surface area contributed by atoms with Crippen LogP contribution in [0.25, 0.3) is 0 Å². The molecule has 1 aliphatic heterocycles. The summed E-state index contributed by atoms with van der Waals surface area (Å²) in [5.41, 5.74) is 0. The lowest BCUT2D eigenvalue weighted by molar-refractivity contribution is -0.141. The van der Waals surface area contributed by atoms with Crippen molar-refractivity contribution < 1.29 is 15.0 Å². The van der Waals surface area contributed by atoms with Crippen LogP contribution in [-0.2, 0) is 4.79 Å². The maximum absolute atomic E-state index is 10.8. The van der Waals surface area contributed by atoms with Gasteiger partial charge >= 0.3 is 5.97 Å². The fourth-order valence-corrected chi connectivity index (χ4v) is 1.79. The number of carbonyl (C=O) groups is 1. The monoisotopic (exact) mass is 199 g/mol. The number of hydrogen-bond acceptors (Lipinski definition) is 3. The summed E-state index contributed by atoms with van der Waals surface area (Å²) in [5, 5.41) is 18.3. The molecule has 0 aromatic heterocycles. The summed E-state index contributed by atoms with van der Waals surface area (Å²) in [4.78, 5) is 12.7. The van der Waals surface area contributed by atoms with Gasteiger partial charge in [-0.25, -0.2) is 0 Å². The van der Waals surface area contributed by atoms with Crippen molar-refractivity contribution in [1.82, 2.24) is 4.90 Å². The number of likely N-dealkylation sites (tertiary alicyclic amines) is 1. The molecule has 0 amide bonds. The van der Waals surface area contributed by atoms with Gasteiger partial charge in [-0.05, 0) is 25.8 Å². The standard InChI is InChI=1S/C10H17NO3/c1-2-9(10(13)14)11-6-3-4-8(12)5-7-11/h2,8-9,12H,1,3-7H2,(H,13,14). The molecule has 0 radical (unpaired) electrons. The van der Waals surface area contributed by atoms with E-state index in [-0.39, 0.29) is 6.10 Å². The number of aliphatic hydroxyl groups excluding tert-OH is 1. The number of carboxylic acids is 1. The van der Waals surface area contributed by atoms with Crippen molar-refractivity contribution in [2.24, 2.45) is 0 Å². The van der Waals surface area contributed by atoms with Crippen LogP contribution in [0.3, 0.4) is 0 Å². The quantitative estimate of drug-likeness (QED) is 0.649. The van der Waals surface area contributed by atoms with E-state index in [2.05, 4.69) is 6.58 Å². The van der Waals surface area contributed by atoms with Crippen LogP contribution < -0.4 is 0 Å². The first-order chi connectivity index (χ1) is 6.65. The second-order valence-electron chi connectivity index (χ2n) is 3.64. The van der Waals surface area contributed by atoms with E-state index < -0.39 is 12.0 Å². The van der Waals surface area contributed by atoms with Gasteiger partial charge in [0.15, 0.2) is 0 Å². The third-order valence-electron chi connectivity index (χ3n) is 2.60. The Labute approximate surface area is 83.8 Å². The molecular formula is C10H17NO3. The molecule has 4 nitrogen and oxygen atoms in total. The van der Waals surface area contributed by atoms with Crippen LogP contribution in [0.4, 0.5) is 0 Å². The minimum Gasteiger partial charge on any atom is -0.480 e. The lowest BCUT2D eigenvalue weighted by atomic mass is 10.2. The van der Waals surface area contributed by atoms with Crippen molar-refractivity contribution in [2.45, 2.75) is 31.4 Å². The van der Waals surface area contributed by atoms with E-state index in [1.807, 2.05) is 4.90 Å². The molecule has 0 aromatic rings. The molecule has 0 aromatic carbocycles. The molecule has 1 heterocycles. The highest BCUT2D eigenvalue weighted by Crippen LogP contribution is 2.13. The summed E-state index contributed by atoms with van der Waals surface area (Å²) in [6.45, 7) is 4.87. The zero-order chi connectivity index (χ0) is 10.6. The summed E-state index contributed by atoms with van der Waals surface area (Å²) in [6.07, 6.45) is 3.43. The molecule has 1 rings (SSSR count). The summed E-state index contributed by atoms with van der Waals surface area (Å²) in [6, 6.07) is -0.611. The molecule has 0 bridgehead atoms.